The van der Waals surface area contributed by atoms with Gasteiger partial charge < -0.3 is 10.2 Å². The smallest absolute Gasteiger partial charge is 0.119 e. The summed E-state index contributed by atoms with van der Waals surface area (Å²) in [5, 5.41) is 18.2. The normalized spacial score (nSPS) is 7.86. The summed E-state index contributed by atoms with van der Waals surface area (Å²) < 4.78 is 0. The van der Waals surface area contributed by atoms with E-state index in [-0.39, 0.29) is 11.5 Å². The minimum absolute atomic E-state index is 0.232. The van der Waals surface area contributed by atoms with Crippen molar-refractivity contribution in [1.29, 1.82) is 0 Å². The van der Waals surface area contributed by atoms with Crippen molar-refractivity contribution in [1.82, 2.24) is 0 Å². The van der Waals surface area contributed by atoms with E-state index in [1.54, 1.807) is 26.0 Å². The van der Waals surface area contributed by atoms with Gasteiger partial charge in [0.2, 0.25) is 0 Å². The predicted octanol–water partition coefficient (Wildman–Crippen LogP) is 3.77. The van der Waals surface area contributed by atoms with Crippen LogP contribution in [-0.2, 0) is 0 Å². The van der Waals surface area contributed by atoms with Gasteiger partial charge in [-0.2, -0.15) is 0 Å². The van der Waals surface area contributed by atoms with Gasteiger partial charge in [-0.15, -0.1) is 0 Å². The van der Waals surface area contributed by atoms with Crippen LogP contribution in [-0.4, -0.2) is 10.2 Å². The van der Waals surface area contributed by atoms with Crippen LogP contribution in [0.4, 0.5) is 0 Å². The summed E-state index contributed by atoms with van der Waals surface area (Å²) >= 11 is 0. The summed E-state index contributed by atoms with van der Waals surface area (Å²) in [6, 6.07) is 3.09. The minimum Gasteiger partial charge on any atom is -0.508 e. The largest absolute Gasteiger partial charge is 0.508 e. The van der Waals surface area contributed by atoms with Crippen LogP contribution in [0.25, 0.3) is 0 Å². The average Bonchev–Trinajstić information content (AvgIpc) is 2.21. The van der Waals surface area contributed by atoms with Crippen LogP contribution in [0.2, 0.25) is 0 Å². The zero-order chi connectivity index (χ0) is 11.7. The fourth-order valence-electron chi connectivity index (χ4n) is 0.786. The van der Waals surface area contributed by atoms with Crippen LogP contribution in [0.1, 0.15) is 38.8 Å². The molecule has 0 unspecified atom stereocenters. The van der Waals surface area contributed by atoms with E-state index >= 15 is 0 Å². The van der Waals surface area contributed by atoms with Crippen molar-refractivity contribution < 1.29 is 10.2 Å². The van der Waals surface area contributed by atoms with Gasteiger partial charge in [-0.3, -0.25) is 0 Å². The summed E-state index contributed by atoms with van der Waals surface area (Å²) in [7, 11) is 0. The van der Waals surface area contributed by atoms with Gasteiger partial charge in [0.1, 0.15) is 11.5 Å². The third kappa shape index (κ3) is 4.75. The summed E-state index contributed by atoms with van der Waals surface area (Å²) in [4.78, 5) is 0. The van der Waals surface area contributed by atoms with Crippen molar-refractivity contribution in [2.45, 2.75) is 41.5 Å². The first-order valence-corrected chi connectivity index (χ1v) is 5.10. The molecule has 14 heavy (non-hydrogen) atoms. The number of hydrogen-bond acceptors (Lipinski definition) is 2. The molecule has 1 aromatic carbocycles. The van der Waals surface area contributed by atoms with Crippen LogP contribution in [0, 0.1) is 13.8 Å². The van der Waals surface area contributed by atoms with Gasteiger partial charge >= 0.3 is 0 Å². The third-order valence-electron chi connectivity index (χ3n) is 1.51. The lowest BCUT2D eigenvalue weighted by molar-refractivity contribution is 0.453. The van der Waals surface area contributed by atoms with Gasteiger partial charge in [0, 0.05) is 0 Å². The standard InChI is InChI=1S/C8H10O2.2C2H6/c1-5-3-8(10)6(2)4-7(5)9;2*1-2/h3-4,9-10H,1-2H3;2*1-2H3. The molecule has 2 heteroatoms. The highest BCUT2D eigenvalue weighted by molar-refractivity contribution is 5.43. The molecule has 0 spiro atoms. The van der Waals surface area contributed by atoms with Crippen LogP contribution in [0.3, 0.4) is 0 Å². The summed E-state index contributed by atoms with van der Waals surface area (Å²) in [5.41, 5.74) is 1.39. The molecule has 1 rings (SSSR count). The molecular weight excluding hydrogens is 176 g/mol. The number of aryl methyl sites for hydroxylation is 2. The number of aromatic hydroxyl groups is 2. The first-order valence-electron chi connectivity index (χ1n) is 5.10. The van der Waals surface area contributed by atoms with Crippen molar-refractivity contribution in [2.75, 3.05) is 0 Å². The molecule has 0 aliphatic carbocycles. The van der Waals surface area contributed by atoms with Gasteiger partial charge in [0.25, 0.3) is 0 Å². The average molecular weight is 198 g/mol. The second-order valence-corrected chi connectivity index (χ2v) is 2.43. The van der Waals surface area contributed by atoms with Gasteiger partial charge in [-0.1, -0.05) is 27.7 Å². The van der Waals surface area contributed by atoms with Crippen LogP contribution in [0.5, 0.6) is 11.5 Å². The minimum atomic E-state index is 0.232. The summed E-state index contributed by atoms with van der Waals surface area (Å²) in [6.45, 7) is 11.5. The molecule has 0 atom stereocenters. The SMILES string of the molecule is CC.CC.Cc1cc(O)c(C)cc1O. The van der Waals surface area contributed by atoms with Crippen molar-refractivity contribution in [3.05, 3.63) is 23.3 Å². The Morgan fingerprint density at radius 3 is 1.14 bits per heavy atom. The zero-order valence-electron chi connectivity index (χ0n) is 10.0. The van der Waals surface area contributed by atoms with Gasteiger partial charge in [0.15, 0.2) is 0 Å². The van der Waals surface area contributed by atoms with Crippen molar-refractivity contribution >= 4 is 0 Å². The van der Waals surface area contributed by atoms with Crippen LogP contribution >= 0.6 is 0 Å². The molecule has 1 aromatic rings. The zero-order valence-corrected chi connectivity index (χ0v) is 10.0. The van der Waals surface area contributed by atoms with E-state index in [4.69, 9.17) is 10.2 Å². The van der Waals surface area contributed by atoms with E-state index in [9.17, 15) is 0 Å². The predicted molar refractivity (Wildman–Crippen MR) is 61.9 cm³/mol. The van der Waals surface area contributed by atoms with Crippen molar-refractivity contribution in [3.63, 3.8) is 0 Å². The fourth-order valence-corrected chi connectivity index (χ4v) is 0.786. The van der Waals surface area contributed by atoms with E-state index in [0.29, 0.717) is 11.1 Å². The summed E-state index contributed by atoms with van der Waals surface area (Å²) in [6.07, 6.45) is 0. The molecule has 2 N–H and O–H groups in total. The lowest BCUT2D eigenvalue weighted by Crippen LogP contribution is -1.78. The Morgan fingerprint density at radius 2 is 0.929 bits per heavy atom. The lowest BCUT2D eigenvalue weighted by atomic mass is 10.1. The second-order valence-electron chi connectivity index (χ2n) is 2.43. The molecule has 0 aliphatic heterocycles. The highest BCUT2D eigenvalue weighted by Crippen LogP contribution is 2.24. The molecule has 0 aromatic heterocycles. The third-order valence-corrected chi connectivity index (χ3v) is 1.51. The number of rotatable bonds is 0. The fraction of sp³-hybridized carbons (Fsp3) is 0.500. The highest BCUT2D eigenvalue weighted by atomic mass is 16.3. The Hall–Kier alpha value is -1.18. The molecule has 0 radical (unpaired) electrons. The maximum Gasteiger partial charge on any atom is 0.119 e. The number of phenols is 2. The Balaban J connectivity index is 0. The number of benzene rings is 1. The van der Waals surface area contributed by atoms with Crippen molar-refractivity contribution in [2.24, 2.45) is 0 Å². The molecular formula is C12H22O2. The molecule has 0 bridgehead atoms. The van der Waals surface area contributed by atoms with E-state index in [0.717, 1.165) is 0 Å². The van der Waals surface area contributed by atoms with E-state index in [1.807, 2.05) is 27.7 Å². The first kappa shape index (κ1) is 15.3. The molecule has 0 fully saturated rings. The highest BCUT2D eigenvalue weighted by Gasteiger charge is 1.99. The molecule has 0 amide bonds. The Bertz CT molecular complexity index is 204. The van der Waals surface area contributed by atoms with Gasteiger partial charge in [0.05, 0.1) is 0 Å². The topological polar surface area (TPSA) is 40.5 Å². The van der Waals surface area contributed by atoms with Gasteiger partial charge in [-0.25, -0.2) is 0 Å². The first-order chi connectivity index (χ1) is 6.61. The maximum absolute atomic E-state index is 9.11. The molecule has 0 aliphatic rings. The quantitative estimate of drug-likeness (QED) is 0.623. The van der Waals surface area contributed by atoms with Gasteiger partial charge in [-0.05, 0) is 37.1 Å². The Labute approximate surface area is 87.2 Å². The molecule has 2 nitrogen and oxygen atoms in total. The number of phenolic OH excluding ortho intramolecular Hbond substituents is 2. The molecule has 0 saturated heterocycles. The van der Waals surface area contributed by atoms with E-state index in [1.165, 1.54) is 0 Å². The van der Waals surface area contributed by atoms with Crippen LogP contribution in [0.15, 0.2) is 12.1 Å². The molecule has 0 heterocycles. The monoisotopic (exact) mass is 198 g/mol. The van der Waals surface area contributed by atoms with E-state index in [2.05, 4.69) is 0 Å². The second kappa shape index (κ2) is 8.42. The maximum atomic E-state index is 9.11. The molecule has 0 saturated carbocycles. The van der Waals surface area contributed by atoms with Crippen molar-refractivity contribution in [3.8, 4) is 11.5 Å². The molecule has 82 valence electrons. The van der Waals surface area contributed by atoms with Crippen LogP contribution < -0.4 is 0 Å². The summed E-state index contributed by atoms with van der Waals surface area (Å²) in [5.74, 6) is 0.464. The Kier molecular flexibility index (Phi) is 9.20. The number of hydrogen-bond donors (Lipinski definition) is 2. The lowest BCUT2D eigenvalue weighted by Gasteiger charge is -2.01. The van der Waals surface area contributed by atoms with E-state index < -0.39 is 0 Å². The Morgan fingerprint density at radius 1 is 0.714 bits per heavy atom.